The van der Waals surface area contributed by atoms with Crippen LogP contribution in [0.2, 0.25) is 5.02 Å². The van der Waals surface area contributed by atoms with Crippen molar-refractivity contribution in [1.82, 2.24) is 5.32 Å². The summed E-state index contributed by atoms with van der Waals surface area (Å²) in [5, 5.41) is 7.71. The van der Waals surface area contributed by atoms with Crippen molar-refractivity contribution in [2.24, 2.45) is 0 Å². The van der Waals surface area contributed by atoms with Crippen LogP contribution in [-0.4, -0.2) is 6.54 Å². The second-order valence-corrected chi connectivity index (χ2v) is 6.18. The molecule has 0 bridgehead atoms. The van der Waals surface area contributed by atoms with Crippen LogP contribution >= 0.6 is 11.6 Å². The number of halogens is 1. The third kappa shape index (κ3) is 5.12. The van der Waals surface area contributed by atoms with Gasteiger partial charge in [0.1, 0.15) is 0 Å². The Morgan fingerprint density at radius 1 is 0.708 bits per heavy atom. The van der Waals surface area contributed by atoms with E-state index in [1.807, 2.05) is 36.4 Å². The van der Waals surface area contributed by atoms with Crippen LogP contribution in [-0.2, 0) is 13.0 Å². The van der Waals surface area contributed by atoms with E-state index in [0.29, 0.717) is 0 Å². The van der Waals surface area contributed by atoms with Gasteiger partial charge in [-0.25, -0.2) is 0 Å². The maximum atomic E-state index is 6.01. The molecule has 3 heteroatoms. The minimum absolute atomic E-state index is 0.798. The molecule has 3 aromatic rings. The molecular weight excluding hydrogens is 316 g/mol. The van der Waals surface area contributed by atoms with Gasteiger partial charge in [0.25, 0.3) is 0 Å². The summed E-state index contributed by atoms with van der Waals surface area (Å²) >= 11 is 6.01. The van der Waals surface area contributed by atoms with E-state index in [1.165, 1.54) is 11.1 Å². The van der Waals surface area contributed by atoms with Gasteiger partial charge < -0.3 is 10.6 Å². The Kier molecular flexibility index (Phi) is 5.89. The Morgan fingerprint density at radius 3 is 2.29 bits per heavy atom. The predicted octanol–water partition coefficient (Wildman–Crippen LogP) is 5.42. The van der Waals surface area contributed by atoms with E-state index in [4.69, 9.17) is 11.6 Å². The Labute approximate surface area is 148 Å². The molecule has 2 nitrogen and oxygen atoms in total. The number of anilines is 2. The van der Waals surface area contributed by atoms with Crippen molar-refractivity contribution in [3.8, 4) is 0 Å². The largest absolute Gasteiger partial charge is 0.356 e. The van der Waals surface area contributed by atoms with Gasteiger partial charge in [0.05, 0.1) is 0 Å². The summed E-state index contributed by atoms with van der Waals surface area (Å²) < 4.78 is 0. The van der Waals surface area contributed by atoms with Gasteiger partial charge in [-0.2, -0.15) is 0 Å². The van der Waals surface area contributed by atoms with Crippen LogP contribution in [0.5, 0.6) is 0 Å². The van der Waals surface area contributed by atoms with Crippen molar-refractivity contribution in [3.05, 3.63) is 95.0 Å². The summed E-state index contributed by atoms with van der Waals surface area (Å²) in [7, 11) is 0. The molecule has 122 valence electrons. The fraction of sp³-hybridized carbons (Fsp3) is 0.143. The molecule has 0 unspecified atom stereocenters. The molecule has 0 spiro atoms. The number of nitrogens with one attached hydrogen (secondary N) is 2. The van der Waals surface area contributed by atoms with Crippen molar-refractivity contribution in [2.45, 2.75) is 13.0 Å². The van der Waals surface area contributed by atoms with Crippen LogP contribution in [0.25, 0.3) is 0 Å². The Hall–Kier alpha value is -2.29. The Balaban J connectivity index is 1.49. The van der Waals surface area contributed by atoms with E-state index in [0.717, 1.165) is 35.9 Å². The standard InChI is InChI=1S/C21H21ClN2/c22-19-8-4-6-17(14-19)12-13-23-16-18-7-5-11-21(15-18)24-20-9-2-1-3-10-20/h1-11,14-15,23-24H,12-13,16H2. The molecule has 0 atom stereocenters. The highest BCUT2D eigenvalue weighted by Crippen LogP contribution is 2.17. The van der Waals surface area contributed by atoms with Crippen LogP contribution in [0.15, 0.2) is 78.9 Å². The lowest BCUT2D eigenvalue weighted by Crippen LogP contribution is -2.16. The third-order valence-corrected chi connectivity index (χ3v) is 4.03. The SMILES string of the molecule is Clc1cccc(CCNCc2cccc(Nc3ccccc3)c2)c1. The predicted molar refractivity (Wildman–Crippen MR) is 103 cm³/mol. The lowest BCUT2D eigenvalue weighted by molar-refractivity contribution is 0.687. The van der Waals surface area contributed by atoms with Gasteiger partial charge in [-0.05, 0) is 60.5 Å². The molecule has 0 saturated carbocycles. The number of hydrogen-bond donors (Lipinski definition) is 2. The summed E-state index contributed by atoms with van der Waals surface area (Å²) in [6.07, 6.45) is 0.975. The van der Waals surface area contributed by atoms with Crippen LogP contribution in [0.1, 0.15) is 11.1 Å². The summed E-state index contributed by atoms with van der Waals surface area (Å²) in [5.41, 5.74) is 4.73. The highest BCUT2D eigenvalue weighted by molar-refractivity contribution is 6.30. The first-order chi connectivity index (χ1) is 11.8. The first kappa shape index (κ1) is 16.6. The lowest BCUT2D eigenvalue weighted by Gasteiger charge is -2.09. The van der Waals surface area contributed by atoms with Crippen LogP contribution in [0, 0.1) is 0 Å². The highest BCUT2D eigenvalue weighted by atomic mass is 35.5. The van der Waals surface area contributed by atoms with Crippen molar-refractivity contribution in [2.75, 3.05) is 11.9 Å². The van der Waals surface area contributed by atoms with Gasteiger partial charge in [0.15, 0.2) is 0 Å². The van der Waals surface area contributed by atoms with Crippen molar-refractivity contribution < 1.29 is 0 Å². The zero-order valence-corrected chi connectivity index (χ0v) is 14.3. The first-order valence-corrected chi connectivity index (χ1v) is 8.53. The van der Waals surface area contributed by atoms with Gasteiger partial charge in [-0.15, -0.1) is 0 Å². The zero-order chi connectivity index (χ0) is 16.6. The smallest absolute Gasteiger partial charge is 0.0408 e. The number of benzene rings is 3. The molecule has 0 heterocycles. The van der Waals surface area contributed by atoms with E-state index in [2.05, 4.69) is 53.1 Å². The number of para-hydroxylation sites is 1. The molecule has 0 aliphatic carbocycles. The quantitative estimate of drug-likeness (QED) is 0.563. The molecule has 0 saturated heterocycles. The maximum absolute atomic E-state index is 6.01. The Bertz CT molecular complexity index is 772. The Morgan fingerprint density at radius 2 is 1.46 bits per heavy atom. The van der Waals surface area contributed by atoms with Crippen LogP contribution in [0.4, 0.5) is 11.4 Å². The topological polar surface area (TPSA) is 24.1 Å². The second-order valence-electron chi connectivity index (χ2n) is 5.75. The van der Waals surface area contributed by atoms with Gasteiger partial charge in [-0.3, -0.25) is 0 Å². The monoisotopic (exact) mass is 336 g/mol. The van der Waals surface area contributed by atoms with E-state index in [1.54, 1.807) is 0 Å². The van der Waals surface area contributed by atoms with Crippen LogP contribution in [0.3, 0.4) is 0 Å². The normalized spacial score (nSPS) is 10.5. The van der Waals surface area contributed by atoms with Gasteiger partial charge in [0.2, 0.25) is 0 Å². The number of hydrogen-bond acceptors (Lipinski definition) is 2. The molecule has 0 aliphatic rings. The third-order valence-electron chi connectivity index (χ3n) is 3.80. The van der Waals surface area contributed by atoms with E-state index in [9.17, 15) is 0 Å². The fourth-order valence-corrected chi connectivity index (χ4v) is 2.82. The first-order valence-electron chi connectivity index (χ1n) is 8.16. The second kappa shape index (κ2) is 8.53. The van der Waals surface area contributed by atoms with Crippen molar-refractivity contribution in [1.29, 1.82) is 0 Å². The van der Waals surface area contributed by atoms with E-state index < -0.39 is 0 Å². The summed E-state index contributed by atoms with van der Waals surface area (Å²) in [5.74, 6) is 0. The molecule has 0 aliphatic heterocycles. The maximum Gasteiger partial charge on any atom is 0.0408 e. The zero-order valence-electron chi connectivity index (χ0n) is 13.5. The molecule has 2 N–H and O–H groups in total. The minimum Gasteiger partial charge on any atom is -0.356 e. The molecule has 3 aromatic carbocycles. The lowest BCUT2D eigenvalue weighted by atomic mass is 10.1. The molecule has 0 radical (unpaired) electrons. The van der Waals surface area contributed by atoms with Crippen molar-refractivity contribution >= 4 is 23.0 Å². The van der Waals surface area contributed by atoms with E-state index >= 15 is 0 Å². The molecule has 0 fully saturated rings. The average Bonchev–Trinajstić information content (AvgIpc) is 2.60. The summed E-state index contributed by atoms with van der Waals surface area (Å²) in [6.45, 7) is 1.78. The molecule has 0 amide bonds. The summed E-state index contributed by atoms with van der Waals surface area (Å²) in [4.78, 5) is 0. The molecule has 0 aromatic heterocycles. The fourth-order valence-electron chi connectivity index (χ4n) is 2.61. The van der Waals surface area contributed by atoms with E-state index in [-0.39, 0.29) is 0 Å². The van der Waals surface area contributed by atoms with Crippen molar-refractivity contribution in [3.63, 3.8) is 0 Å². The average molecular weight is 337 g/mol. The molecule has 3 rings (SSSR count). The molecular formula is C21H21ClN2. The van der Waals surface area contributed by atoms with Gasteiger partial charge in [-0.1, -0.05) is 54.1 Å². The highest BCUT2D eigenvalue weighted by Gasteiger charge is 1.98. The van der Waals surface area contributed by atoms with Gasteiger partial charge in [0, 0.05) is 22.9 Å². The van der Waals surface area contributed by atoms with Crippen LogP contribution < -0.4 is 10.6 Å². The molecule has 24 heavy (non-hydrogen) atoms. The summed E-state index contributed by atoms with van der Waals surface area (Å²) in [6, 6.07) is 26.7. The minimum atomic E-state index is 0.798. The van der Waals surface area contributed by atoms with Gasteiger partial charge >= 0.3 is 0 Å². The number of rotatable bonds is 7.